The third-order valence-corrected chi connectivity index (χ3v) is 4.28. The zero-order chi connectivity index (χ0) is 11.9. The molecule has 0 amide bonds. The van der Waals surface area contributed by atoms with Gasteiger partial charge in [0, 0.05) is 0 Å². The largest absolute Gasteiger partial charge is 0.295 e. The second kappa shape index (κ2) is 3.77. The van der Waals surface area contributed by atoms with Gasteiger partial charge in [0.15, 0.2) is 5.78 Å². The van der Waals surface area contributed by atoms with E-state index in [1.54, 1.807) is 6.92 Å². The standard InChI is InChI=1S/C14H24O/c1-10(12(3)15)11(2)14(6)8-7-13(4,5)9-14/h11H,1,7-9H2,2-6H3. The van der Waals surface area contributed by atoms with Gasteiger partial charge >= 0.3 is 0 Å². The van der Waals surface area contributed by atoms with Crippen LogP contribution in [-0.4, -0.2) is 5.78 Å². The van der Waals surface area contributed by atoms with Crippen molar-refractivity contribution in [3.63, 3.8) is 0 Å². The lowest BCUT2D eigenvalue weighted by Crippen LogP contribution is -2.27. The predicted molar refractivity (Wildman–Crippen MR) is 64.7 cm³/mol. The van der Waals surface area contributed by atoms with Crippen LogP contribution in [-0.2, 0) is 4.79 Å². The fraction of sp³-hybridized carbons (Fsp3) is 0.786. The van der Waals surface area contributed by atoms with Crippen molar-refractivity contribution in [3.05, 3.63) is 12.2 Å². The lowest BCUT2D eigenvalue weighted by molar-refractivity contribution is -0.114. The Balaban J connectivity index is 2.80. The van der Waals surface area contributed by atoms with E-state index in [4.69, 9.17) is 0 Å². The van der Waals surface area contributed by atoms with E-state index in [1.807, 2.05) is 0 Å². The van der Waals surface area contributed by atoms with Gasteiger partial charge in [-0.05, 0) is 48.5 Å². The monoisotopic (exact) mass is 208 g/mol. The first-order valence-corrected chi connectivity index (χ1v) is 5.88. The summed E-state index contributed by atoms with van der Waals surface area (Å²) < 4.78 is 0. The summed E-state index contributed by atoms with van der Waals surface area (Å²) >= 11 is 0. The van der Waals surface area contributed by atoms with E-state index in [2.05, 4.69) is 34.3 Å². The van der Waals surface area contributed by atoms with Crippen molar-refractivity contribution < 1.29 is 4.79 Å². The van der Waals surface area contributed by atoms with Crippen molar-refractivity contribution >= 4 is 5.78 Å². The van der Waals surface area contributed by atoms with E-state index in [0.29, 0.717) is 11.3 Å². The summed E-state index contributed by atoms with van der Waals surface area (Å²) in [5.74, 6) is 0.463. The smallest absolute Gasteiger partial charge is 0.155 e. The lowest BCUT2D eigenvalue weighted by Gasteiger charge is -2.33. The van der Waals surface area contributed by atoms with Crippen LogP contribution in [0.2, 0.25) is 0 Å². The van der Waals surface area contributed by atoms with Gasteiger partial charge in [-0.25, -0.2) is 0 Å². The maximum Gasteiger partial charge on any atom is 0.155 e. The van der Waals surface area contributed by atoms with Gasteiger partial charge in [-0.1, -0.05) is 34.3 Å². The highest BCUT2D eigenvalue weighted by atomic mass is 16.1. The molecular weight excluding hydrogens is 184 g/mol. The Kier molecular flexibility index (Phi) is 3.14. The number of hydrogen-bond acceptors (Lipinski definition) is 1. The molecule has 0 spiro atoms. The van der Waals surface area contributed by atoms with E-state index < -0.39 is 0 Å². The summed E-state index contributed by atoms with van der Waals surface area (Å²) in [7, 11) is 0. The molecule has 1 rings (SSSR count). The molecule has 0 aliphatic heterocycles. The summed E-state index contributed by atoms with van der Waals surface area (Å²) in [5, 5.41) is 0. The molecule has 0 aromatic heterocycles. The van der Waals surface area contributed by atoms with Gasteiger partial charge in [0.2, 0.25) is 0 Å². The van der Waals surface area contributed by atoms with Crippen molar-refractivity contribution in [2.24, 2.45) is 16.7 Å². The van der Waals surface area contributed by atoms with Crippen LogP contribution in [0.15, 0.2) is 12.2 Å². The van der Waals surface area contributed by atoms with Gasteiger partial charge in [-0.3, -0.25) is 4.79 Å². The van der Waals surface area contributed by atoms with Crippen molar-refractivity contribution in [2.75, 3.05) is 0 Å². The summed E-state index contributed by atoms with van der Waals surface area (Å²) in [5.41, 5.74) is 1.50. The fourth-order valence-corrected chi connectivity index (χ4v) is 2.99. The van der Waals surface area contributed by atoms with E-state index in [9.17, 15) is 4.79 Å². The topological polar surface area (TPSA) is 17.1 Å². The van der Waals surface area contributed by atoms with E-state index in [1.165, 1.54) is 19.3 Å². The number of carbonyl (C=O) groups excluding carboxylic acids is 1. The van der Waals surface area contributed by atoms with Crippen LogP contribution in [0.5, 0.6) is 0 Å². The van der Waals surface area contributed by atoms with Gasteiger partial charge < -0.3 is 0 Å². The van der Waals surface area contributed by atoms with Gasteiger partial charge in [0.1, 0.15) is 0 Å². The van der Waals surface area contributed by atoms with Crippen LogP contribution in [0.25, 0.3) is 0 Å². The first-order chi connectivity index (χ1) is 6.68. The molecule has 15 heavy (non-hydrogen) atoms. The minimum absolute atomic E-state index is 0.147. The molecule has 0 bridgehead atoms. The van der Waals surface area contributed by atoms with Crippen LogP contribution in [0.1, 0.15) is 53.9 Å². The SMILES string of the molecule is C=C(C(C)=O)C(C)C1(C)CCC(C)(C)C1. The number of Topliss-reactive ketones (excluding diaryl/α,β-unsaturated/α-hetero) is 1. The fourth-order valence-electron chi connectivity index (χ4n) is 2.99. The zero-order valence-electron chi connectivity index (χ0n) is 10.8. The molecule has 86 valence electrons. The molecule has 1 aliphatic rings. The second-order valence-electron chi connectivity index (χ2n) is 6.30. The highest BCUT2D eigenvalue weighted by molar-refractivity contribution is 5.93. The summed E-state index contributed by atoms with van der Waals surface area (Å²) in [6.07, 6.45) is 3.68. The molecule has 0 N–H and O–H groups in total. The van der Waals surface area contributed by atoms with Gasteiger partial charge in [0.25, 0.3) is 0 Å². The second-order valence-corrected chi connectivity index (χ2v) is 6.30. The maximum atomic E-state index is 11.3. The highest BCUT2D eigenvalue weighted by Crippen LogP contribution is 2.54. The Morgan fingerprint density at radius 3 is 2.13 bits per heavy atom. The molecule has 2 atom stereocenters. The average molecular weight is 208 g/mol. The van der Waals surface area contributed by atoms with Crippen LogP contribution >= 0.6 is 0 Å². The summed E-state index contributed by atoms with van der Waals surface area (Å²) in [4.78, 5) is 11.3. The Morgan fingerprint density at radius 2 is 1.80 bits per heavy atom. The van der Waals surface area contributed by atoms with Crippen LogP contribution < -0.4 is 0 Å². The number of ketones is 1. The van der Waals surface area contributed by atoms with Gasteiger partial charge in [0.05, 0.1) is 0 Å². The van der Waals surface area contributed by atoms with Crippen LogP contribution in [0, 0.1) is 16.7 Å². The summed E-state index contributed by atoms with van der Waals surface area (Å²) in [6, 6.07) is 0. The number of allylic oxidation sites excluding steroid dienone is 1. The van der Waals surface area contributed by atoms with Crippen LogP contribution in [0.3, 0.4) is 0 Å². The van der Waals surface area contributed by atoms with E-state index in [-0.39, 0.29) is 11.2 Å². The Labute approximate surface area is 93.9 Å². The normalized spacial score (nSPS) is 31.3. The number of carbonyl (C=O) groups is 1. The van der Waals surface area contributed by atoms with Crippen molar-refractivity contribution in [1.29, 1.82) is 0 Å². The minimum Gasteiger partial charge on any atom is -0.295 e. The Morgan fingerprint density at radius 1 is 1.27 bits per heavy atom. The van der Waals surface area contributed by atoms with E-state index >= 15 is 0 Å². The third kappa shape index (κ3) is 2.50. The molecule has 0 aromatic carbocycles. The molecule has 1 heteroatoms. The minimum atomic E-state index is 0.147. The zero-order valence-corrected chi connectivity index (χ0v) is 10.8. The molecule has 0 aromatic rings. The summed E-state index contributed by atoms with van der Waals surface area (Å²) in [6.45, 7) is 14.7. The molecule has 0 heterocycles. The number of rotatable bonds is 3. The lowest BCUT2D eigenvalue weighted by atomic mass is 9.71. The molecule has 2 unspecified atom stereocenters. The first kappa shape index (κ1) is 12.5. The molecule has 1 nitrogen and oxygen atoms in total. The molecule has 0 saturated heterocycles. The molecular formula is C14H24O. The first-order valence-electron chi connectivity index (χ1n) is 5.88. The molecule has 1 aliphatic carbocycles. The molecule has 1 fully saturated rings. The molecule has 0 radical (unpaired) electrons. The van der Waals surface area contributed by atoms with Crippen molar-refractivity contribution in [3.8, 4) is 0 Å². The van der Waals surface area contributed by atoms with Crippen molar-refractivity contribution in [2.45, 2.75) is 53.9 Å². The predicted octanol–water partition coefficient (Wildman–Crippen LogP) is 3.98. The quantitative estimate of drug-likeness (QED) is 0.641. The number of hydrogen-bond donors (Lipinski definition) is 0. The average Bonchev–Trinajstić information content (AvgIpc) is 2.39. The molecule has 1 saturated carbocycles. The Bertz CT molecular complexity index is 288. The van der Waals surface area contributed by atoms with Crippen molar-refractivity contribution in [1.82, 2.24) is 0 Å². The third-order valence-electron chi connectivity index (χ3n) is 4.28. The maximum absolute atomic E-state index is 11.3. The van der Waals surface area contributed by atoms with Gasteiger partial charge in [-0.2, -0.15) is 0 Å². The highest BCUT2D eigenvalue weighted by Gasteiger charge is 2.44. The van der Waals surface area contributed by atoms with Gasteiger partial charge in [-0.15, -0.1) is 0 Å². The van der Waals surface area contributed by atoms with Crippen LogP contribution in [0.4, 0.5) is 0 Å². The van der Waals surface area contributed by atoms with E-state index in [0.717, 1.165) is 5.57 Å². The Hall–Kier alpha value is -0.590.